The molecule has 0 radical (unpaired) electrons. The summed E-state index contributed by atoms with van der Waals surface area (Å²) in [7, 11) is 0. The van der Waals surface area contributed by atoms with Crippen molar-refractivity contribution in [3.63, 3.8) is 0 Å². The van der Waals surface area contributed by atoms with E-state index in [0.717, 1.165) is 22.5 Å². The molecule has 1 amide bonds. The number of imidazole rings is 1. The minimum atomic E-state index is -0.514. The number of halogens is 1. The summed E-state index contributed by atoms with van der Waals surface area (Å²) in [6, 6.07) is 7.43. The van der Waals surface area contributed by atoms with Crippen LogP contribution in [-0.4, -0.2) is 41.0 Å². The molecule has 36 heavy (non-hydrogen) atoms. The summed E-state index contributed by atoms with van der Waals surface area (Å²) in [6.07, 6.45) is 7.31. The zero-order valence-corrected chi connectivity index (χ0v) is 19.9. The normalized spacial score (nSPS) is 11.4. The van der Waals surface area contributed by atoms with Gasteiger partial charge >= 0.3 is 0 Å². The summed E-state index contributed by atoms with van der Waals surface area (Å²) in [4.78, 5) is 34.0. The molecule has 0 aliphatic rings. The molecule has 11 heteroatoms. The Morgan fingerprint density at radius 1 is 1.17 bits per heavy atom. The van der Waals surface area contributed by atoms with E-state index in [1.165, 1.54) is 18.6 Å². The van der Waals surface area contributed by atoms with Crippen LogP contribution in [0, 0.1) is 5.82 Å². The number of aromatic amines is 2. The molecule has 0 atom stereocenters. The number of nitrogens with one attached hydrogen (secondary N) is 3. The highest BCUT2D eigenvalue weighted by Gasteiger charge is 2.21. The molecule has 0 unspecified atom stereocenters. The maximum atomic E-state index is 15.9. The molecule has 0 spiro atoms. The van der Waals surface area contributed by atoms with E-state index < -0.39 is 5.82 Å². The van der Waals surface area contributed by atoms with Gasteiger partial charge in [-0.05, 0) is 30.0 Å². The third kappa shape index (κ3) is 3.79. The first-order valence-electron chi connectivity index (χ1n) is 11.3. The zero-order chi connectivity index (χ0) is 24.6. The number of carbonyl (C=O) groups is 1. The van der Waals surface area contributed by atoms with E-state index in [9.17, 15) is 4.79 Å². The van der Waals surface area contributed by atoms with Crippen molar-refractivity contribution in [2.24, 2.45) is 0 Å². The third-order valence-corrected chi connectivity index (χ3v) is 6.59. The van der Waals surface area contributed by atoms with Gasteiger partial charge in [0.15, 0.2) is 11.5 Å². The van der Waals surface area contributed by atoms with Crippen LogP contribution in [0.4, 0.5) is 10.1 Å². The molecule has 0 bridgehead atoms. The second-order valence-corrected chi connectivity index (χ2v) is 9.11. The predicted octanol–water partition coefficient (Wildman–Crippen LogP) is 5.56. The number of rotatable bonds is 6. The van der Waals surface area contributed by atoms with E-state index >= 15 is 4.39 Å². The molecule has 0 aliphatic carbocycles. The van der Waals surface area contributed by atoms with Gasteiger partial charge in [0, 0.05) is 36.1 Å². The molecular weight excluding hydrogens is 479 g/mol. The van der Waals surface area contributed by atoms with Crippen LogP contribution < -0.4 is 5.32 Å². The van der Waals surface area contributed by atoms with Crippen molar-refractivity contribution in [1.82, 2.24) is 35.1 Å². The smallest absolute Gasteiger partial charge is 0.224 e. The highest BCUT2D eigenvalue weighted by molar-refractivity contribution is 7.13. The maximum absolute atomic E-state index is 15.9. The standard InChI is InChI=1S/C25H19FN8OS/c1-2-4-18(35)30-14-9-13(10-27-11-14)15-12-29-24-19(20(15)26)23(33-34-24)25-31-16-6-7-28-22(21(16)32-25)17-5-3-8-36-17/h3,5-12H,2,4H2,1H3,(H,30,35)(H,31,32)(H,29,33,34). The number of H-pyrrole nitrogens is 2. The Kier molecular flexibility index (Phi) is 5.45. The fourth-order valence-corrected chi connectivity index (χ4v) is 4.80. The number of pyridine rings is 3. The molecule has 178 valence electrons. The lowest BCUT2D eigenvalue weighted by molar-refractivity contribution is -0.116. The van der Waals surface area contributed by atoms with Gasteiger partial charge in [0.2, 0.25) is 5.91 Å². The molecule has 3 N–H and O–H groups in total. The minimum Gasteiger partial charge on any atom is -0.336 e. The largest absolute Gasteiger partial charge is 0.336 e. The van der Waals surface area contributed by atoms with Crippen molar-refractivity contribution in [3.05, 3.63) is 60.3 Å². The van der Waals surface area contributed by atoms with Gasteiger partial charge in [0.05, 0.1) is 27.7 Å². The van der Waals surface area contributed by atoms with E-state index in [1.807, 2.05) is 30.5 Å². The topological polar surface area (TPSA) is 125 Å². The number of aromatic nitrogens is 7. The molecule has 0 aliphatic heterocycles. The highest BCUT2D eigenvalue weighted by Crippen LogP contribution is 2.35. The average molecular weight is 499 g/mol. The van der Waals surface area contributed by atoms with Crippen molar-refractivity contribution >= 4 is 45.0 Å². The van der Waals surface area contributed by atoms with Crippen molar-refractivity contribution in [2.75, 3.05) is 5.32 Å². The molecular formula is C25H19FN8OS. The Morgan fingerprint density at radius 3 is 2.92 bits per heavy atom. The summed E-state index contributed by atoms with van der Waals surface area (Å²) in [6.45, 7) is 1.93. The SMILES string of the molecule is CCCC(=O)Nc1cncc(-c2cnc3[nH]nc(-c4nc5c(-c6cccs6)nccc5[nH]4)c3c2F)c1. The molecule has 6 rings (SSSR count). The van der Waals surface area contributed by atoms with E-state index in [2.05, 4.69) is 35.5 Å². The molecule has 6 heterocycles. The second-order valence-electron chi connectivity index (χ2n) is 8.16. The van der Waals surface area contributed by atoms with Gasteiger partial charge in [-0.2, -0.15) is 5.10 Å². The quantitative estimate of drug-likeness (QED) is 0.276. The molecule has 6 aromatic heterocycles. The number of nitrogens with zero attached hydrogens (tertiary/aromatic N) is 5. The average Bonchev–Trinajstić information content (AvgIpc) is 3.63. The number of hydrogen-bond donors (Lipinski definition) is 3. The highest BCUT2D eigenvalue weighted by atomic mass is 32.1. The Hall–Kier alpha value is -4.51. The monoisotopic (exact) mass is 498 g/mol. The van der Waals surface area contributed by atoms with E-state index in [-0.39, 0.29) is 16.9 Å². The third-order valence-electron chi connectivity index (χ3n) is 5.72. The van der Waals surface area contributed by atoms with Gasteiger partial charge < -0.3 is 10.3 Å². The van der Waals surface area contributed by atoms with Crippen molar-refractivity contribution in [2.45, 2.75) is 19.8 Å². The first-order valence-corrected chi connectivity index (χ1v) is 12.2. The van der Waals surface area contributed by atoms with Gasteiger partial charge in [0.1, 0.15) is 22.7 Å². The summed E-state index contributed by atoms with van der Waals surface area (Å²) >= 11 is 1.57. The number of anilines is 1. The van der Waals surface area contributed by atoms with Gasteiger partial charge in [0.25, 0.3) is 0 Å². The summed E-state index contributed by atoms with van der Waals surface area (Å²) in [5, 5.41) is 12.1. The lowest BCUT2D eigenvalue weighted by Gasteiger charge is -2.08. The Labute approximate surface area is 207 Å². The molecule has 9 nitrogen and oxygen atoms in total. The van der Waals surface area contributed by atoms with E-state index in [4.69, 9.17) is 4.98 Å². The van der Waals surface area contributed by atoms with Crippen LogP contribution in [-0.2, 0) is 4.79 Å². The summed E-state index contributed by atoms with van der Waals surface area (Å²) in [5.41, 5.74) is 4.01. The van der Waals surface area contributed by atoms with E-state index in [0.29, 0.717) is 40.4 Å². The Balaban J connectivity index is 1.44. The van der Waals surface area contributed by atoms with Gasteiger partial charge in [-0.15, -0.1) is 11.3 Å². The number of thiophene rings is 1. The van der Waals surface area contributed by atoms with Crippen molar-refractivity contribution < 1.29 is 9.18 Å². The van der Waals surface area contributed by atoms with Crippen molar-refractivity contribution in [3.8, 4) is 33.2 Å². The number of fused-ring (bicyclic) bond motifs is 2. The second kappa shape index (κ2) is 8.93. The number of hydrogen-bond acceptors (Lipinski definition) is 7. The summed E-state index contributed by atoms with van der Waals surface area (Å²) < 4.78 is 15.9. The van der Waals surface area contributed by atoms with Crippen LogP contribution >= 0.6 is 11.3 Å². The minimum absolute atomic E-state index is 0.121. The lowest BCUT2D eigenvalue weighted by atomic mass is 10.1. The molecule has 0 saturated carbocycles. The van der Waals surface area contributed by atoms with Gasteiger partial charge in [-0.3, -0.25) is 19.9 Å². The zero-order valence-electron chi connectivity index (χ0n) is 19.0. The molecule has 0 aromatic carbocycles. The molecule has 6 aromatic rings. The first-order chi connectivity index (χ1) is 17.6. The van der Waals surface area contributed by atoms with E-state index in [1.54, 1.807) is 23.6 Å². The fourth-order valence-electron chi connectivity index (χ4n) is 4.07. The number of amides is 1. The molecule has 0 saturated heterocycles. The van der Waals surface area contributed by atoms with Crippen LogP contribution in [0.15, 0.2) is 54.4 Å². The van der Waals surface area contributed by atoms with Crippen LogP contribution in [0.3, 0.4) is 0 Å². The Morgan fingerprint density at radius 2 is 2.08 bits per heavy atom. The van der Waals surface area contributed by atoms with Crippen LogP contribution in [0.2, 0.25) is 0 Å². The summed E-state index contributed by atoms with van der Waals surface area (Å²) in [5.74, 6) is -0.234. The van der Waals surface area contributed by atoms with Gasteiger partial charge in [-0.1, -0.05) is 13.0 Å². The van der Waals surface area contributed by atoms with Crippen LogP contribution in [0.1, 0.15) is 19.8 Å². The predicted molar refractivity (Wildman–Crippen MR) is 137 cm³/mol. The van der Waals surface area contributed by atoms with Gasteiger partial charge in [-0.25, -0.2) is 14.4 Å². The van der Waals surface area contributed by atoms with Crippen molar-refractivity contribution in [1.29, 1.82) is 0 Å². The molecule has 0 fully saturated rings. The first kappa shape index (κ1) is 22.0. The maximum Gasteiger partial charge on any atom is 0.224 e. The van der Waals surface area contributed by atoms with Crippen LogP contribution in [0.25, 0.3) is 55.3 Å². The number of carbonyl (C=O) groups excluding carboxylic acids is 1. The lowest BCUT2D eigenvalue weighted by Crippen LogP contribution is -2.10. The fraction of sp³-hybridized carbons (Fsp3) is 0.120. The van der Waals surface area contributed by atoms with Crippen LogP contribution in [0.5, 0.6) is 0 Å². The Bertz CT molecular complexity index is 1720.